The second-order valence-electron chi connectivity index (χ2n) is 4.89. The third kappa shape index (κ3) is 3.67. The van der Waals surface area contributed by atoms with Crippen LogP contribution in [0, 0.1) is 16.0 Å². The first-order valence-corrected chi connectivity index (χ1v) is 6.73. The molecule has 1 unspecified atom stereocenters. The first-order chi connectivity index (χ1) is 10.1. The number of carbonyl (C=O) groups excluding carboxylic acids is 1. The first-order valence-electron chi connectivity index (χ1n) is 6.73. The van der Waals surface area contributed by atoms with Crippen LogP contribution in [0.2, 0.25) is 0 Å². The fourth-order valence-electron chi connectivity index (χ4n) is 2.33. The summed E-state index contributed by atoms with van der Waals surface area (Å²) in [4.78, 5) is 22.5. The lowest BCUT2D eigenvalue weighted by Gasteiger charge is -2.22. The molecule has 21 heavy (non-hydrogen) atoms. The van der Waals surface area contributed by atoms with E-state index in [1.807, 2.05) is 0 Å². The smallest absolute Gasteiger partial charge is 0.294 e. The highest BCUT2D eigenvalue weighted by Gasteiger charge is 2.22. The van der Waals surface area contributed by atoms with Crippen molar-refractivity contribution in [2.45, 2.75) is 12.8 Å². The molecule has 1 aliphatic rings. The highest BCUT2D eigenvalue weighted by molar-refractivity contribution is 6.01. The van der Waals surface area contributed by atoms with Gasteiger partial charge in [-0.1, -0.05) is 6.07 Å². The molecule has 1 atom stereocenters. The number of nitro groups is 1. The van der Waals surface area contributed by atoms with E-state index in [1.165, 1.54) is 18.2 Å². The summed E-state index contributed by atoms with van der Waals surface area (Å²) in [6.45, 7) is 1.86. The van der Waals surface area contributed by atoms with Crippen LogP contribution in [-0.4, -0.2) is 30.6 Å². The summed E-state index contributed by atoms with van der Waals surface area (Å²) in [5, 5.41) is 13.7. The maximum atomic E-state index is 12.2. The number of nitrogen functional groups attached to an aromatic ring is 1. The number of benzene rings is 1. The van der Waals surface area contributed by atoms with E-state index in [1.54, 1.807) is 0 Å². The monoisotopic (exact) mass is 294 g/mol. The number of hydrogen-bond donors (Lipinski definition) is 3. The van der Waals surface area contributed by atoms with Crippen LogP contribution in [0.4, 0.5) is 11.4 Å². The molecule has 4 N–H and O–H groups in total. The van der Waals surface area contributed by atoms with Crippen LogP contribution in [0.3, 0.4) is 0 Å². The van der Waals surface area contributed by atoms with Gasteiger partial charge in [-0.2, -0.15) is 0 Å². The molecule has 1 heterocycles. The van der Waals surface area contributed by atoms with E-state index in [0.29, 0.717) is 13.2 Å². The number of rotatable bonds is 5. The summed E-state index contributed by atoms with van der Waals surface area (Å²) in [7, 11) is 0. The summed E-state index contributed by atoms with van der Waals surface area (Å²) < 4.78 is 5.34. The van der Waals surface area contributed by atoms with Crippen LogP contribution in [0.5, 0.6) is 0 Å². The first kappa shape index (κ1) is 15.2. The van der Waals surface area contributed by atoms with Gasteiger partial charge in [-0.3, -0.25) is 20.8 Å². The molecule has 0 saturated carbocycles. The summed E-state index contributed by atoms with van der Waals surface area (Å²) in [6, 6.07) is 4.24. The SMILES string of the molecule is NNc1c(C(=O)NCC2CCCOC2)cccc1[N+](=O)[O-]. The number of nitrogens with zero attached hydrogens (tertiary/aromatic N) is 1. The Kier molecular flexibility index (Phi) is 5.07. The molecule has 1 aliphatic heterocycles. The Hall–Kier alpha value is -2.19. The Bertz CT molecular complexity index is 529. The number of carbonyl (C=O) groups is 1. The van der Waals surface area contributed by atoms with Gasteiger partial charge in [-0.25, -0.2) is 0 Å². The Morgan fingerprint density at radius 1 is 1.52 bits per heavy atom. The fourth-order valence-corrected chi connectivity index (χ4v) is 2.33. The van der Waals surface area contributed by atoms with E-state index in [4.69, 9.17) is 10.6 Å². The second kappa shape index (κ2) is 7.00. The van der Waals surface area contributed by atoms with Crippen molar-refractivity contribution in [3.63, 3.8) is 0 Å². The van der Waals surface area contributed by atoms with Gasteiger partial charge in [0, 0.05) is 19.2 Å². The third-order valence-electron chi connectivity index (χ3n) is 3.43. The number of amides is 1. The molecule has 0 spiro atoms. The topological polar surface area (TPSA) is 120 Å². The highest BCUT2D eigenvalue weighted by Crippen LogP contribution is 2.27. The van der Waals surface area contributed by atoms with Crippen molar-refractivity contribution in [2.75, 3.05) is 25.2 Å². The number of para-hydroxylation sites is 1. The van der Waals surface area contributed by atoms with E-state index in [-0.39, 0.29) is 22.9 Å². The molecule has 0 aromatic heterocycles. The Balaban J connectivity index is 2.07. The molecule has 114 valence electrons. The van der Waals surface area contributed by atoms with Crippen LogP contribution >= 0.6 is 0 Å². The molecular formula is C13H18N4O4. The van der Waals surface area contributed by atoms with Crippen LogP contribution in [0.25, 0.3) is 0 Å². The van der Waals surface area contributed by atoms with Crippen molar-refractivity contribution in [2.24, 2.45) is 11.8 Å². The Morgan fingerprint density at radius 2 is 2.33 bits per heavy atom. The minimum atomic E-state index is -0.582. The maximum absolute atomic E-state index is 12.2. The van der Waals surface area contributed by atoms with Gasteiger partial charge in [-0.05, 0) is 24.8 Å². The lowest BCUT2D eigenvalue weighted by atomic mass is 10.0. The number of hydrogen-bond acceptors (Lipinski definition) is 6. The van der Waals surface area contributed by atoms with E-state index in [2.05, 4.69) is 10.7 Å². The molecule has 2 rings (SSSR count). The molecule has 8 heteroatoms. The summed E-state index contributed by atoms with van der Waals surface area (Å²) in [6.07, 6.45) is 1.98. The fraction of sp³-hybridized carbons (Fsp3) is 0.462. The third-order valence-corrected chi connectivity index (χ3v) is 3.43. The molecule has 0 aliphatic carbocycles. The lowest BCUT2D eigenvalue weighted by Crippen LogP contribution is -2.33. The highest BCUT2D eigenvalue weighted by atomic mass is 16.6. The van der Waals surface area contributed by atoms with Crippen molar-refractivity contribution in [1.29, 1.82) is 0 Å². The van der Waals surface area contributed by atoms with E-state index < -0.39 is 10.8 Å². The Morgan fingerprint density at radius 3 is 2.95 bits per heavy atom. The van der Waals surface area contributed by atoms with Crippen LogP contribution in [-0.2, 0) is 4.74 Å². The van der Waals surface area contributed by atoms with Gasteiger partial charge in [0.05, 0.1) is 17.1 Å². The van der Waals surface area contributed by atoms with Crippen molar-refractivity contribution in [1.82, 2.24) is 5.32 Å². The normalized spacial score (nSPS) is 18.0. The summed E-state index contributed by atoms with van der Waals surface area (Å²) in [5.74, 6) is 5.19. The predicted molar refractivity (Wildman–Crippen MR) is 76.8 cm³/mol. The number of anilines is 1. The molecule has 1 amide bonds. The van der Waals surface area contributed by atoms with Gasteiger partial charge in [0.25, 0.3) is 11.6 Å². The minimum absolute atomic E-state index is 0.0138. The van der Waals surface area contributed by atoms with Crippen molar-refractivity contribution >= 4 is 17.3 Å². The van der Waals surface area contributed by atoms with Crippen LogP contribution in [0.1, 0.15) is 23.2 Å². The quantitative estimate of drug-likeness (QED) is 0.424. The molecule has 0 radical (unpaired) electrons. The number of hydrazine groups is 1. The van der Waals surface area contributed by atoms with Crippen molar-refractivity contribution < 1.29 is 14.5 Å². The van der Waals surface area contributed by atoms with E-state index in [0.717, 1.165) is 19.4 Å². The van der Waals surface area contributed by atoms with Gasteiger partial charge in [0.15, 0.2) is 0 Å². The molecule has 1 aromatic rings. The zero-order valence-electron chi connectivity index (χ0n) is 11.5. The maximum Gasteiger partial charge on any atom is 0.294 e. The van der Waals surface area contributed by atoms with Crippen LogP contribution < -0.4 is 16.6 Å². The number of nitro benzene ring substituents is 1. The van der Waals surface area contributed by atoms with Gasteiger partial charge in [-0.15, -0.1) is 0 Å². The lowest BCUT2D eigenvalue weighted by molar-refractivity contribution is -0.384. The molecular weight excluding hydrogens is 276 g/mol. The van der Waals surface area contributed by atoms with Gasteiger partial charge >= 0.3 is 0 Å². The van der Waals surface area contributed by atoms with Gasteiger partial charge in [0.2, 0.25) is 0 Å². The van der Waals surface area contributed by atoms with Crippen molar-refractivity contribution in [3.05, 3.63) is 33.9 Å². The number of nitrogens with one attached hydrogen (secondary N) is 2. The van der Waals surface area contributed by atoms with E-state index >= 15 is 0 Å². The molecule has 1 fully saturated rings. The largest absolute Gasteiger partial charge is 0.381 e. The Labute approximate surface area is 121 Å². The van der Waals surface area contributed by atoms with Crippen molar-refractivity contribution in [3.8, 4) is 0 Å². The average Bonchev–Trinajstić information content (AvgIpc) is 2.52. The van der Waals surface area contributed by atoms with Crippen LogP contribution in [0.15, 0.2) is 18.2 Å². The summed E-state index contributed by atoms with van der Waals surface area (Å²) in [5.41, 5.74) is 2.18. The minimum Gasteiger partial charge on any atom is -0.381 e. The van der Waals surface area contributed by atoms with Gasteiger partial charge in [0.1, 0.15) is 5.69 Å². The van der Waals surface area contributed by atoms with E-state index in [9.17, 15) is 14.9 Å². The predicted octanol–water partition coefficient (Wildman–Crippen LogP) is 1.04. The molecule has 1 saturated heterocycles. The molecule has 1 aromatic carbocycles. The van der Waals surface area contributed by atoms with Gasteiger partial charge < -0.3 is 15.5 Å². The number of nitrogens with two attached hydrogens (primary N) is 1. The average molecular weight is 294 g/mol. The zero-order chi connectivity index (χ0) is 15.2. The summed E-state index contributed by atoms with van der Waals surface area (Å²) >= 11 is 0. The standard InChI is InChI=1S/C13H18N4O4/c14-16-12-10(4-1-5-11(12)17(19)20)13(18)15-7-9-3-2-6-21-8-9/h1,4-5,9,16H,2-3,6-8,14H2,(H,15,18). The number of ether oxygens (including phenoxy) is 1. The zero-order valence-corrected chi connectivity index (χ0v) is 11.5. The molecule has 0 bridgehead atoms. The molecule has 8 nitrogen and oxygen atoms in total. The second-order valence-corrected chi connectivity index (χ2v) is 4.89.